The lowest BCUT2D eigenvalue weighted by Crippen LogP contribution is -2.47. The Morgan fingerprint density at radius 2 is 1.93 bits per heavy atom. The van der Waals surface area contributed by atoms with Crippen molar-refractivity contribution in [2.75, 3.05) is 0 Å². The molecule has 80 valence electrons. The molecule has 0 aromatic heterocycles. The van der Waals surface area contributed by atoms with Crippen molar-refractivity contribution in [3.05, 3.63) is 35.9 Å². The number of hydrogen-bond acceptors (Lipinski definition) is 3. The molecule has 3 nitrogen and oxygen atoms in total. The van der Waals surface area contributed by atoms with E-state index in [-0.39, 0.29) is 5.78 Å². The summed E-state index contributed by atoms with van der Waals surface area (Å²) in [5, 5.41) is 20.1. The van der Waals surface area contributed by atoms with Crippen LogP contribution in [0.5, 0.6) is 0 Å². The number of benzene rings is 1. The van der Waals surface area contributed by atoms with Crippen molar-refractivity contribution in [3.8, 4) is 0 Å². The maximum atomic E-state index is 11.4. The summed E-state index contributed by atoms with van der Waals surface area (Å²) in [5.74, 6) is -0.271. The van der Waals surface area contributed by atoms with Crippen LogP contribution < -0.4 is 0 Å². The molecule has 1 aliphatic rings. The van der Waals surface area contributed by atoms with Crippen LogP contribution in [0.15, 0.2) is 30.3 Å². The highest BCUT2D eigenvalue weighted by Gasteiger charge is 2.43. The fourth-order valence-corrected chi connectivity index (χ4v) is 2.10. The highest BCUT2D eigenvalue weighted by Crippen LogP contribution is 2.35. The highest BCUT2D eigenvalue weighted by molar-refractivity contribution is 5.85. The summed E-state index contributed by atoms with van der Waals surface area (Å²) in [6, 6.07) is 8.89. The molecule has 2 N–H and O–H groups in total. The van der Waals surface area contributed by atoms with E-state index in [1.807, 2.05) is 6.07 Å². The van der Waals surface area contributed by atoms with E-state index in [0.29, 0.717) is 24.8 Å². The van der Waals surface area contributed by atoms with Gasteiger partial charge in [-0.05, 0) is 18.4 Å². The zero-order valence-corrected chi connectivity index (χ0v) is 8.39. The first kappa shape index (κ1) is 10.3. The van der Waals surface area contributed by atoms with Crippen molar-refractivity contribution in [1.82, 2.24) is 0 Å². The van der Waals surface area contributed by atoms with Crippen LogP contribution in [-0.4, -0.2) is 22.1 Å². The second-order valence-corrected chi connectivity index (χ2v) is 4.01. The van der Waals surface area contributed by atoms with Crippen molar-refractivity contribution < 1.29 is 15.0 Å². The Morgan fingerprint density at radius 1 is 1.27 bits per heavy atom. The van der Waals surface area contributed by atoms with E-state index in [0.717, 1.165) is 0 Å². The van der Waals surface area contributed by atoms with Crippen LogP contribution in [0.3, 0.4) is 0 Å². The molecule has 0 aliphatic heterocycles. The van der Waals surface area contributed by atoms with Gasteiger partial charge in [-0.1, -0.05) is 30.3 Å². The number of Topliss-reactive ketones (excluding diaryl/α,β-unsaturated/α-hetero) is 1. The van der Waals surface area contributed by atoms with Crippen molar-refractivity contribution in [2.24, 2.45) is 0 Å². The van der Waals surface area contributed by atoms with Gasteiger partial charge in [0.25, 0.3) is 0 Å². The Balaban J connectivity index is 2.37. The number of rotatable bonds is 1. The maximum absolute atomic E-state index is 11.4. The predicted octanol–water partition coefficient (Wildman–Crippen LogP) is 0.988. The first-order valence-electron chi connectivity index (χ1n) is 5.13. The van der Waals surface area contributed by atoms with E-state index in [4.69, 9.17) is 0 Å². The van der Waals surface area contributed by atoms with Crippen LogP contribution >= 0.6 is 0 Å². The van der Waals surface area contributed by atoms with Gasteiger partial charge in [-0.15, -0.1) is 0 Å². The largest absolute Gasteiger partial charge is 0.382 e. The Kier molecular flexibility index (Phi) is 2.59. The average molecular weight is 206 g/mol. The minimum Gasteiger partial charge on any atom is -0.382 e. The Labute approximate surface area is 88.4 Å². The molecular weight excluding hydrogens is 192 g/mol. The molecule has 0 unspecified atom stereocenters. The first-order valence-corrected chi connectivity index (χ1v) is 5.13. The van der Waals surface area contributed by atoms with Gasteiger partial charge < -0.3 is 10.2 Å². The number of carbonyl (C=O) groups is 1. The van der Waals surface area contributed by atoms with Gasteiger partial charge in [-0.2, -0.15) is 0 Å². The standard InChI is InChI=1S/C12H14O3/c13-10-7-4-8-12(15,11(10)14)9-5-2-1-3-6-9/h1-3,5-6,11,14-15H,4,7-8H2/t11-,12-/m0/s1. The molecule has 1 aromatic rings. The molecule has 1 aliphatic carbocycles. The number of aliphatic hydroxyl groups excluding tert-OH is 1. The third-order valence-corrected chi connectivity index (χ3v) is 3.01. The van der Waals surface area contributed by atoms with Gasteiger partial charge in [-0.25, -0.2) is 0 Å². The lowest BCUT2D eigenvalue weighted by atomic mass is 9.77. The predicted molar refractivity (Wildman–Crippen MR) is 55.2 cm³/mol. The summed E-state index contributed by atoms with van der Waals surface area (Å²) in [6.45, 7) is 0. The van der Waals surface area contributed by atoms with Gasteiger partial charge in [0.2, 0.25) is 0 Å². The summed E-state index contributed by atoms with van der Waals surface area (Å²) < 4.78 is 0. The molecule has 1 saturated carbocycles. The average Bonchev–Trinajstić information content (AvgIpc) is 2.27. The van der Waals surface area contributed by atoms with Crippen LogP contribution in [0, 0.1) is 0 Å². The minimum atomic E-state index is -1.39. The normalized spacial score (nSPS) is 31.6. The number of ketones is 1. The summed E-state index contributed by atoms with van der Waals surface area (Å²) in [7, 11) is 0. The van der Waals surface area contributed by atoms with Crippen LogP contribution in [-0.2, 0) is 10.4 Å². The van der Waals surface area contributed by atoms with Crippen LogP contribution in [0.2, 0.25) is 0 Å². The number of hydrogen-bond donors (Lipinski definition) is 2. The van der Waals surface area contributed by atoms with Crippen molar-refractivity contribution in [2.45, 2.75) is 31.0 Å². The quantitative estimate of drug-likeness (QED) is 0.720. The van der Waals surface area contributed by atoms with Crippen molar-refractivity contribution in [1.29, 1.82) is 0 Å². The second kappa shape index (κ2) is 3.76. The fourth-order valence-electron chi connectivity index (χ4n) is 2.10. The molecule has 15 heavy (non-hydrogen) atoms. The zero-order chi connectivity index (χ0) is 10.9. The van der Waals surface area contributed by atoms with E-state index >= 15 is 0 Å². The number of carbonyl (C=O) groups excluding carboxylic acids is 1. The van der Waals surface area contributed by atoms with Crippen molar-refractivity contribution in [3.63, 3.8) is 0 Å². The Hall–Kier alpha value is -1.19. The third kappa shape index (κ3) is 1.68. The molecule has 0 spiro atoms. The van der Waals surface area contributed by atoms with E-state index in [1.54, 1.807) is 24.3 Å². The van der Waals surface area contributed by atoms with Gasteiger partial charge in [0, 0.05) is 6.42 Å². The molecule has 1 aromatic carbocycles. The first-order chi connectivity index (χ1) is 7.14. The molecular formula is C12H14O3. The SMILES string of the molecule is O=C1CCC[C@](O)(c2ccccc2)[C@H]1O. The topological polar surface area (TPSA) is 57.5 Å². The van der Waals surface area contributed by atoms with E-state index < -0.39 is 11.7 Å². The number of aliphatic hydroxyl groups is 2. The molecule has 2 atom stereocenters. The molecule has 1 fully saturated rings. The maximum Gasteiger partial charge on any atom is 0.164 e. The van der Waals surface area contributed by atoms with E-state index in [1.165, 1.54) is 0 Å². The van der Waals surface area contributed by atoms with Crippen LogP contribution in [0.4, 0.5) is 0 Å². The zero-order valence-electron chi connectivity index (χ0n) is 8.39. The molecule has 2 rings (SSSR count). The Morgan fingerprint density at radius 3 is 2.60 bits per heavy atom. The molecule has 0 amide bonds. The highest BCUT2D eigenvalue weighted by atomic mass is 16.3. The van der Waals surface area contributed by atoms with E-state index in [2.05, 4.69) is 0 Å². The van der Waals surface area contributed by atoms with Gasteiger partial charge in [0.1, 0.15) is 11.7 Å². The van der Waals surface area contributed by atoms with Crippen LogP contribution in [0.1, 0.15) is 24.8 Å². The summed E-state index contributed by atoms with van der Waals surface area (Å²) >= 11 is 0. The molecule has 0 bridgehead atoms. The lowest BCUT2D eigenvalue weighted by Gasteiger charge is -2.36. The summed E-state index contributed by atoms with van der Waals surface area (Å²) in [5.41, 5.74) is -0.776. The van der Waals surface area contributed by atoms with Crippen LogP contribution in [0.25, 0.3) is 0 Å². The monoisotopic (exact) mass is 206 g/mol. The molecule has 0 heterocycles. The van der Waals surface area contributed by atoms with Gasteiger partial charge >= 0.3 is 0 Å². The van der Waals surface area contributed by atoms with Gasteiger partial charge in [0.15, 0.2) is 5.78 Å². The second-order valence-electron chi connectivity index (χ2n) is 4.01. The van der Waals surface area contributed by atoms with Gasteiger partial charge in [-0.3, -0.25) is 4.79 Å². The van der Waals surface area contributed by atoms with Gasteiger partial charge in [0.05, 0.1) is 0 Å². The minimum absolute atomic E-state index is 0.271. The third-order valence-electron chi connectivity index (χ3n) is 3.01. The van der Waals surface area contributed by atoms with E-state index in [9.17, 15) is 15.0 Å². The fraction of sp³-hybridized carbons (Fsp3) is 0.417. The summed E-state index contributed by atoms with van der Waals surface area (Å²) in [4.78, 5) is 11.4. The molecule has 0 radical (unpaired) electrons. The smallest absolute Gasteiger partial charge is 0.164 e. The molecule has 0 saturated heterocycles. The van der Waals surface area contributed by atoms with Crippen molar-refractivity contribution >= 4 is 5.78 Å². The summed E-state index contributed by atoms with van der Waals surface area (Å²) in [6.07, 6.45) is 0.135. The molecule has 3 heteroatoms. The lowest BCUT2D eigenvalue weighted by molar-refractivity contribution is -0.153. The Bertz CT molecular complexity index is 360.